The molecule has 176 valence electrons. The summed E-state index contributed by atoms with van der Waals surface area (Å²) in [6.45, 7) is 10.7. The van der Waals surface area contributed by atoms with Crippen LogP contribution in [-0.2, 0) is 6.54 Å². The lowest BCUT2D eigenvalue weighted by Crippen LogP contribution is -3.12. The van der Waals surface area contributed by atoms with E-state index < -0.39 is 0 Å². The summed E-state index contributed by atoms with van der Waals surface area (Å²) in [5.41, 5.74) is 3.26. The van der Waals surface area contributed by atoms with Crippen molar-refractivity contribution in [2.75, 3.05) is 6.54 Å². The fourth-order valence-corrected chi connectivity index (χ4v) is 8.05. The molecule has 6 rings (SSSR count). The average Bonchev–Trinajstić information content (AvgIpc) is 3.27. The van der Waals surface area contributed by atoms with Gasteiger partial charge in [-0.2, -0.15) is 0 Å². The number of rotatable bonds is 3. The molecule has 3 atom stereocenters. The van der Waals surface area contributed by atoms with Gasteiger partial charge in [-0.3, -0.25) is 4.79 Å². The zero-order chi connectivity index (χ0) is 23.8. The quantitative estimate of drug-likeness (QED) is 0.434. The van der Waals surface area contributed by atoms with Crippen molar-refractivity contribution < 1.29 is 14.4 Å². The molecular formula is C28H31N2O3S+. The normalized spacial score (nSPS) is 25.9. The number of fused-ring (bicyclic) bond motifs is 4. The molecule has 1 saturated carbocycles. The van der Waals surface area contributed by atoms with Gasteiger partial charge in [-0.05, 0) is 43.0 Å². The number of thiazole rings is 1. The summed E-state index contributed by atoms with van der Waals surface area (Å²) < 4.78 is 7.36. The third-order valence-corrected chi connectivity index (χ3v) is 8.95. The number of aryl methyl sites for hydroxylation is 1. The molecule has 0 spiro atoms. The highest BCUT2D eigenvalue weighted by atomic mass is 32.1. The van der Waals surface area contributed by atoms with Gasteiger partial charge >= 0.3 is 0 Å². The monoisotopic (exact) mass is 475 g/mol. The van der Waals surface area contributed by atoms with E-state index in [4.69, 9.17) is 9.40 Å². The van der Waals surface area contributed by atoms with Crippen LogP contribution in [0.25, 0.3) is 31.8 Å². The molecule has 5 nitrogen and oxygen atoms in total. The maximum atomic E-state index is 13.7. The molecule has 0 amide bonds. The zero-order valence-electron chi connectivity index (χ0n) is 20.2. The van der Waals surface area contributed by atoms with Gasteiger partial charge in [0.25, 0.3) is 0 Å². The van der Waals surface area contributed by atoms with Crippen LogP contribution in [0.1, 0.15) is 51.4 Å². The number of likely N-dealkylation sites (tertiary alicyclic amines) is 1. The lowest BCUT2D eigenvalue weighted by atomic mass is 9.65. The summed E-state index contributed by atoms with van der Waals surface area (Å²) >= 11 is 1.51. The summed E-state index contributed by atoms with van der Waals surface area (Å²) in [6, 6.07) is 11.8. The van der Waals surface area contributed by atoms with Gasteiger partial charge in [-0.25, -0.2) is 4.98 Å². The molecular weight excluding hydrogens is 444 g/mol. The molecule has 2 aromatic heterocycles. The third-order valence-electron chi connectivity index (χ3n) is 7.90. The molecule has 3 heterocycles. The molecule has 6 heteroatoms. The first-order chi connectivity index (χ1) is 16.1. The molecule has 2 N–H and O–H groups in total. The van der Waals surface area contributed by atoms with E-state index >= 15 is 0 Å². The summed E-state index contributed by atoms with van der Waals surface area (Å²) in [4.78, 5) is 19.9. The van der Waals surface area contributed by atoms with Crippen LogP contribution in [0, 0.1) is 17.8 Å². The number of para-hydroxylation sites is 1. The molecule has 1 saturated heterocycles. The number of aromatic nitrogens is 1. The fraction of sp³-hybridized carbons (Fsp3) is 0.429. The van der Waals surface area contributed by atoms with Crippen molar-refractivity contribution in [2.24, 2.45) is 10.8 Å². The lowest BCUT2D eigenvalue weighted by Gasteiger charge is -2.37. The van der Waals surface area contributed by atoms with E-state index in [0.29, 0.717) is 50.7 Å². The van der Waals surface area contributed by atoms with Crippen LogP contribution in [0.3, 0.4) is 0 Å². The van der Waals surface area contributed by atoms with Crippen LogP contribution < -0.4 is 10.3 Å². The molecule has 1 unspecified atom stereocenters. The van der Waals surface area contributed by atoms with E-state index in [1.807, 2.05) is 31.2 Å². The number of aromatic hydroxyl groups is 1. The number of hydrogen-bond acceptors (Lipinski definition) is 5. The second-order valence-corrected chi connectivity index (χ2v) is 12.6. The summed E-state index contributed by atoms with van der Waals surface area (Å²) in [5, 5.41) is 12.0. The minimum atomic E-state index is -0.0812. The number of hydrogen-bond donors (Lipinski definition) is 2. The second kappa shape index (κ2) is 7.40. The minimum Gasteiger partial charge on any atom is -0.507 e. The van der Waals surface area contributed by atoms with Crippen LogP contribution in [-0.4, -0.2) is 22.7 Å². The number of benzene rings is 2. The number of nitrogens with zero attached hydrogens (tertiary/aromatic N) is 1. The Morgan fingerprint density at radius 2 is 1.97 bits per heavy atom. The standard InChI is InChI=1S/C28H30N2O3S/c1-16-23(26-29-20-7-5-6-8-22(20)34-26)24(32)18-9-10-21(31)19(25(18)33-16)13-30-15-28(4)12-17(30)11-27(2,3)14-28/h5-10,17,31H,11-15H2,1-4H3/p+1/t17-,28-/m0/s1. The Morgan fingerprint density at radius 3 is 2.76 bits per heavy atom. The molecule has 1 aliphatic carbocycles. The first-order valence-electron chi connectivity index (χ1n) is 12.1. The molecule has 2 bridgehead atoms. The van der Waals surface area contributed by atoms with Gasteiger partial charge in [-0.15, -0.1) is 11.3 Å². The van der Waals surface area contributed by atoms with Crippen molar-refractivity contribution in [3.8, 4) is 16.3 Å². The van der Waals surface area contributed by atoms with Gasteiger partial charge in [0, 0.05) is 18.3 Å². The van der Waals surface area contributed by atoms with Crippen molar-refractivity contribution in [2.45, 2.75) is 59.5 Å². The van der Waals surface area contributed by atoms with E-state index in [9.17, 15) is 9.90 Å². The van der Waals surface area contributed by atoms with E-state index in [1.165, 1.54) is 35.5 Å². The Hall–Kier alpha value is -2.70. The van der Waals surface area contributed by atoms with Crippen LogP contribution in [0.5, 0.6) is 5.75 Å². The van der Waals surface area contributed by atoms with E-state index in [1.54, 1.807) is 12.1 Å². The summed E-state index contributed by atoms with van der Waals surface area (Å²) in [7, 11) is 0. The molecule has 2 aliphatic rings. The van der Waals surface area contributed by atoms with Gasteiger partial charge in [0.2, 0.25) is 5.43 Å². The first-order valence-corrected chi connectivity index (χ1v) is 12.9. The van der Waals surface area contributed by atoms with Crippen LogP contribution >= 0.6 is 11.3 Å². The van der Waals surface area contributed by atoms with E-state index in [0.717, 1.165) is 22.3 Å². The lowest BCUT2D eigenvalue weighted by molar-refractivity contribution is -0.928. The number of phenols is 1. The molecule has 1 aliphatic heterocycles. The largest absolute Gasteiger partial charge is 0.507 e. The third kappa shape index (κ3) is 3.46. The van der Waals surface area contributed by atoms with Crippen molar-refractivity contribution in [1.82, 2.24) is 4.98 Å². The Balaban J connectivity index is 1.44. The van der Waals surface area contributed by atoms with Gasteiger partial charge in [0.1, 0.15) is 23.1 Å². The molecule has 2 aromatic carbocycles. The van der Waals surface area contributed by atoms with Gasteiger partial charge < -0.3 is 14.4 Å². The SMILES string of the molecule is Cc1oc2c(C[NH+]3C[C@@]4(C)C[C@@H]3CC(C)(C)C4)c(O)ccc2c(=O)c1-c1nc2ccccc2s1. The number of quaternary nitrogens is 1. The fourth-order valence-electron chi connectivity index (χ4n) is 6.99. The van der Waals surface area contributed by atoms with Gasteiger partial charge in [0.05, 0.1) is 39.3 Å². The Labute approximate surface area is 203 Å². The molecule has 2 fully saturated rings. The number of nitrogens with one attached hydrogen (secondary N) is 1. The minimum absolute atomic E-state index is 0.0812. The summed E-state index contributed by atoms with van der Waals surface area (Å²) in [6.07, 6.45) is 3.65. The highest BCUT2D eigenvalue weighted by Crippen LogP contribution is 2.47. The second-order valence-electron chi connectivity index (χ2n) is 11.6. The summed E-state index contributed by atoms with van der Waals surface area (Å²) in [5.74, 6) is 0.757. The van der Waals surface area contributed by atoms with Crippen LogP contribution in [0.4, 0.5) is 0 Å². The molecule has 0 radical (unpaired) electrons. The first kappa shape index (κ1) is 21.8. The average molecular weight is 476 g/mol. The van der Waals surface area contributed by atoms with E-state index in [2.05, 4.69) is 20.8 Å². The highest BCUT2D eigenvalue weighted by molar-refractivity contribution is 7.21. The topological polar surface area (TPSA) is 67.8 Å². The van der Waals surface area contributed by atoms with Gasteiger partial charge in [0.15, 0.2) is 5.58 Å². The Bertz CT molecular complexity index is 1470. The maximum absolute atomic E-state index is 13.7. The van der Waals surface area contributed by atoms with Crippen LogP contribution in [0.2, 0.25) is 0 Å². The van der Waals surface area contributed by atoms with Crippen molar-refractivity contribution >= 4 is 32.5 Å². The molecule has 4 aromatic rings. The van der Waals surface area contributed by atoms with Crippen LogP contribution in [0.15, 0.2) is 45.6 Å². The van der Waals surface area contributed by atoms with Crippen molar-refractivity contribution in [3.63, 3.8) is 0 Å². The highest BCUT2D eigenvalue weighted by Gasteiger charge is 2.52. The zero-order valence-corrected chi connectivity index (χ0v) is 21.0. The predicted molar refractivity (Wildman–Crippen MR) is 137 cm³/mol. The number of phenolic OH excluding ortho intramolecular Hbond substituents is 1. The molecule has 34 heavy (non-hydrogen) atoms. The van der Waals surface area contributed by atoms with Crippen molar-refractivity contribution in [1.29, 1.82) is 0 Å². The Kier molecular flexibility index (Phi) is 4.74. The maximum Gasteiger partial charge on any atom is 0.203 e. The smallest absolute Gasteiger partial charge is 0.203 e. The van der Waals surface area contributed by atoms with Gasteiger partial charge in [-0.1, -0.05) is 32.9 Å². The van der Waals surface area contributed by atoms with Crippen molar-refractivity contribution in [3.05, 3.63) is 57.9 Å². The Morgan fingerprint density at radius 1 is 1.18 bits per heavy atom. The predicted octanol–water partition coefficient (Wildman–Crippen LogP) is 5.07. The van der Waals surface area contributed by atoms with E-state index in [-0.39, 0.29) is 11.2 Å².